The van der Waals surface area contributed by atoms with Crippen molar-refractivity contribution in [3.63, 3.8) is 0 Å². The SMILES string of the molecule is Cn1nc(C(=O)N2CCc3ccccc3C2)c2c1CCN(C(=O)C#Cc1ccccc1)C2. The smallest absolute Gasteiger partial charge is 0.299 e. The second kappa shape index (κ2) is 8.35. The first kappa shape index (κ1) is 20.1. The molecule has 0 saturated carbocycles. The third kappa shape index (κ3) is 3.78. The number of fused-ring (bicyclic) bond motifs is 2. The summed E-state index contributed by atoms with van der Waals surface area (Å²) in [7, 11) is 1.87. The number of aryl methyl sites for hydroxylation is 1. The molecule has 3 aromatic rings. The highest BCUT2D eigenvalue weighted by Gasteiger charge is 2.32. The summed E-state index contributed by atoms with van der Waals surface area (Å²) in [4.78, 5) is 29.7. The number of hydrogen-bond donors (Lipinski definition) is 0. The predicted octanol–water partition coefficient (Wildman–Crippen LogP) is 2.56. The van der Waals surface area contributed by atoms with Crippen LogP contribution in [-0.2, 0) is 37.8 Å². The molecule has 6 heteroatoms. The number of rotatable bonds is 1. The van der Waals surface area contributed by atoms with E-state index in [0.29, 0.717) is 38.3 Å². The van der Waals surface area contributed by atoms with Crippen molar-refractivity contribution in [2.45, 2.75) is 25.9 Å². The van der Waals surface area contributed by atoms with Crippen molar-refractivity contribution < 1.29 is 9.59 Å². The van der Waals surface area contributed by atoms with Gasteiger partial charge in [0.15, 0.2) is 5.69 Å². The van der Waals surface area contributed by atoms with Crippen LogP contribution in [0.3, 0.4) is 0 Å². The molecule has 0 bridgehead atoms. The van der Waals surface area contributed by atoms with Gasteiger partial charge in [-0.3, -0.25) is 14.3 Å². The molecule has 0 unspecified atom stereocenters. The van der Waals surface area contributed by atoms with Crippen molar-refractivity contribution in [2.24, 2.45) is 7.05 Å². The molecule has 1 aromatic heterocycles. The molecule has 0 radical (unpaired) electrons. The highest BCUT2D eigenvalue weighted by Crippen LogP contribution is 2.26. The van der Waals surface area contributed by atoms with Crippen LogP contribution < -0.4 is 0 Å². The van der Waals surface area contributed by atoms with Gasteiger partial charge >= 0.3 is 0 Å². The Morgan fingerprint density at radius 2 is 1.59 bits per heavy atom. The van der Waals surface area contributed by atoms with E-state index >= 15 is 0 Å². The highest BCUT2D eigenvalue weighted by molar-refractivity contribution is 5.96. The van der Waals surface area contributed by atoms with Crippen LogP contribution in [0.1, 0.15) is 38.4 Å². The van der Waals surface area contributed by atoms with E-state index in [1.54, 1.807) is 9.58 Å². The van der Waals surface area contributed by atoms with Crippen molar-refractivity contribution in [3.8, 4) is 11.8 Å². The third-order valence-electron chi connectivity index (χ3n) is 6.24. The average molecular weight is 425 g/mol. The molecule has 0 spiro atoms. The molecule has 2 amide bonds. The van der Waals surface area contributed by atoms with Gasteiger partial charge in [0.05, 0.1) is 6.54 Å². The standard InChI is InChI=1S/C26H24N4O2/c1-28-23-14-16-29(24(31)12-11-19-7-3-2-4-8-19)18-22(23)25(27-28)26(32)30-15-13-20-9-5-6-10-21(20)17-30/h2-10H,13-18H2,1H3. The fourth-order valence-electron chi connectivity index (χ4n) is 4.48. The Kier molecular flexibility index (Phi) is 5.24. The van der Waals surface area contributed by atoms with Gasteiger partial charge in [-0.1, -0.05) is 48.4 Å². The summed E-state index contributed by atoms with van der Waals surface area (Å²) < 4.78 is 1.79. The largest absolute Gasteiger partial charge is 0.333 e. The molecular weight excluding hydrogens is 400 g/mol. The molecule has 6 nitrogen and oxygen atoms in total. The fraction of sp³-hybridized carbons (Fsp3) is 0.269. The first-order valence-electron chi connectivity index (χ1n) is 10.9. The first-order chi connectivity index (χ1) is 15.6. The molecular formula is C26H24N4O2. The zero-order valence-electron chi connectivity index (χ0n) is 18.0. The number of nitrogens with zero attached hydrogens (tertiary/aromatic N) is 4. The van der Waals surface area contributed by atoms with Gasteiger partial charge in [-0.15, -0.1) is 0 Å². The topological polar surface area (TPSA) is 58.4 Å². The van der Waals surface area contributed by atoms with Crippen LogP contribution in [0, 0.1) is 11.8 Å². The molecule has 0 saturated heterocycles. The van der Waals surface area contributed by atoms with E-state index in [1.807, 2.05) is 54.4 Å². The molecule has 2 aromatic carbocycles. The molecule has 0 N–H and O–H groups in total. The maximum atomic E-state index is 13.4. The van der Waals surface area contributed by atoms with E-state index in [2.05, 4.69) is 29.1 Å². The Labute approximate surface area is 187 Å². The lowest BCUT2D eigenvalue weighted by Gasteiger charge is -2.29. The van der Waals surface area contributed by atoms with Crippen LogP contribution in [0.4, 0.5) is 0 Å². The van der Waals surface area contributed by atoms with E-state index in [1.165, 1.54) is 11.1 Å². The van der Waals surface area contributed by atoms with E-state index in [0.717, 1.165) is 23.2 Å². The Balaban J connectivity index is 1.36. The maximum Gasteiger partial charge on any atom is 0.299 e. The minimum atomic E-state index is -0.228. The van der Waals surface area contributed by atoms with Crippen LogP contribution in [0.25, 0.3) is 0 Å². The Bertz CT molecular complexity index is 1250. The lowest BCUT2D eigenvalue weighted by atomic mass is 9.99. The normalized spacial score (nSPS) is 14.8. The summed E-state index contributed by atoms with van der Waals surface area (Å²) in [6.45, 7) is 2.19. The van der Waals surface area contributed by atoms with Gasteiger partial charge in [0, 0.05) is 55.8 Å². The zero-order valence-corrected chi connectivity index (χ0v) is 18.0. The van der Waals surface area contributed by atoms with Crippen LogP contribution in [0.15, 0.2) is 54.6 Å². The molecule has 5 rings (SSSR count). The summed E-state index contributed by atoms with van der Waals surface area (Å²) in [5.74, 6) is 5.38. The minimum absolute atomic E-state index is 0.0685. The Hall–Kier alpha value is -3.85. The van der Waals surface area contributed by atoms with Gasteiger partial charge in [0.25, 0.3) is 11.8 Å². The Morgan fingerprint density at radius 1 is 0.875 bits per heavy atom. The van der Waals surface area contributed by atoms with Crippen LogP contribution in [-0.4, -0.2) is 44.5 Å². The highest BCUT2D eigenvalue weighted by atomic mass is 16.2. The van der Waals surface area contributed by atoms with Crippen LogP contribution in [0.5, 0.6) is 0 Å². The number of carbonyl (C=O) groups is 2. The molecule has 2 aliphatic rings. The van der Waals surface area contributed by atoms with Crippen LogP contribution in [0.2, 0.25) is 0 Å². The van der Waals surface area contributed by atoms with Gasteiger partial charge < -0.3 is 9.80 Å². The molecule has 0 atom stereocenters. The second-order valence-corrected chi connectivity index (χ2v) is 8.24. The van der Waals surface area contributed by atoms with Crippen LogP contribution >= 0.6 is 0 Å². The lowest BCUT2D eigenvalue weighted by Crippen LogP contribution is -2.38. The molecule has 0 aliphatic carbocycles. The van der Waals surface area contributed by atoms with Gasteiger partial charge in [0.1, 0.15) is 0 Å². The molecule has 160 valence electrons. The summed E-state index contributed by atoms with van der Waals surface area (Å²) in [6.07, 6.45) is 1.50. The van der Waals surface area contributed by atoms with E-state index in [-0.39, 0.29) is 11.8 Å². The molecule has 0 fully saturated rings. The van der Waals surface area contributed by atoms with Crippen molar-refractivity contribution in [2.75, 3.05) is 13.1 Å². The molecule has 3 heterocycles. The van der Waals surface area contributed by atoms with Gasteiger partial charge in [0.2, 0.25) is 0 Å². The maximum absolute atomic E-state index is 13.4. The van der Waals surface area contributed by atoms with Gasteiger partial charge in [-0.2, -0.15) is 5.10 Å². The minimum Gasteiger partial charge on any atom is -0.333 e. The monoisotopic (exact) mass is 424 g/mol. The van der Waals surface area contributed by atoms with Gasteiger partial charge in [-0.25, -0.2) is 0 Å². The fourth-order valence-corrected chi connectivity index (χ4v) is 4.48. The average Bonchev–Trinajstić information content (AvgIpc) is 3.18. The zero-order chi connectivity index (χ0) is 22.1. The molecule has 2 aliphatic heterocycles. The lowest BCUT2D eigenvalue weighted by molar-refractivity contribution is -0.126. The van der Waals surface area contributed by atoms with Crippen molar-refractivity contribution in [3.05, 3.63) is 88.2 Å². The summed E-state index contributed by atoms with van der Waals surface area (Å²) in [5.41, 5.74) is 5.61. The Morgan fingerprint density at radius 3 is 2.41 bits per heavy atom. The summed E-state index contributed by atoms with van der Waals surface area (Å²) in [5, 5.41) is 4.56. The summed E-state index contributed by atoms with van der Waals surface area (Å²) >= 11 is 0. The van der Waals surface area contributed by atoms with Crippen molar-refractivity contribution in [1.29, 1.82) is 0 Å². The number of aromatic nitrogens is 2. The molecule has 32 heavy (non-hydrogen) atoms. The van der Waals surface area contributed by atoms with Gasteiger partial charge in [-0.05, 0) is 29.7 Å². The van der Waals surface area contributed by atoms with Crippen molar-refractivity contribution in [1.82, 2.24) is 19.6 Å². The first-order valence-corrected chi connectivity index (χ1v) is 10.9. The number of carbonyl (C=O) groups excluding carboxylic acids is 2. The number of amides is 2. The van der Waals surface area contributed by atoms with E-state index in [4.69, 9.17) is 0 Å². The second-order valence-electron chi connectivity index (χ2n) is 8.24. The summed E-state index contributed by atoms with van der Waals surface area (Å²) in [6, 6.07) is 17.7. The number of benzene rings is 2. The quantitative estimate of drug-likeness (QED) is 0.564. The predicted molar refractivity (Wildman–Crippen MR) is 121 cm³/mol. The van der Waals surface area contributed by atoms with Crippen molar-refractivity contribution >= 4 is 11.8 Å². The van der Waals surface area contributed by atoms with E-state index in [9.17, 15) is 9.59 Å². The van der Waals surface area contributed by atoms with E-state index < -0.39 is 0 Å². The third-order valence-corrected chi connectivity index (χ3v) is 6.24. The number of hydrogen-bond acceptors (Lipinski definition) is 3.